The Hall–Kier alpha value is -2.82. The fourth-order valence-corrected chi connectivity index (χ4v) is 1.94. The fraction of sp³-hybridized carbons (Fsp3) is 0.125. The van der Waals surface area contributed by atoms with E-state index < -0.39 is 5.97 Å². The van der Waals surface area contributed by atoms with Crippen LogP contribution in [-0.2, 0) is 11.2 Å². The van der Waals surface area contributed by atoms with E-state index in [0.717, 1.165) is 5.56 Å². The van der Waals surface area contributed by atoms with E-state index in [1.807, 2.05) is 0 Å². The molecule has 0 aliphatic carbocycles. The fourth-order valence-electron chi connectivity index (χ4n) is 1.94. The van der Waals surface area contributed by atoms with Crippen molar-refractivity contribution in [1.82, 2.24) is 0 Å². The van der Waals surface area contributed by atoms with Gasteiger partial charge in [-0.3, -0.25) is 4.79 Å². The highest BCUT2D eigenvalue weighted by molar-refractivity contribution is 5.95. The average molecular weight is 285 g/mol. The number of hydrogen-bond acceptors (Lipinski definition) is 3. The van der Waals surface area contributed by atoms with Crippen LogP contribution >= 0.6 is 0 Å². The summed E-state index contributed by atoms with van der Waals surface area (Å²) in [5, 5.41) is 21.0. The summed E-state index contributed by atoms with van der Waals surface area (Å²) in [6, 6.07) is 11.0. The van der Waals surface area contributed by atoms with E-state index in [2.05, 4.69) is 5.32 Å². The molecule has 2 aromatic rings. The van der Waals surface area contributed by atoms with Crippen LogP contribution in [0.25, 0.3) is 0 Å². The molecule has 0 heterocycles. The highest BCUT2D eigenvalue weighted by Gasteiger charge is 2.10. The maximum Gasteiger partial charge on any atom is 0.335 e. The van der Waals surface area contributed by atoms with E-state index >= 15 is 0 Å². The molecule has 0 unspecified atom stereocenters. The molecule has 0 saturated heterocycles. The van der Waals surface area contributed by atoms with Crippen molar-refractivity contribution in [2.75, 3.05) is 5.32 Å². The first-order valence-electron chi connectivity index (χ1n) is 6.37. The third-order valence-electron chi connectivity index (χ3n) is 3.03. The lowest BCUT2D eigenvalue weighted by Crippen LogP contribution is -2.15. The number of rotatable bonds is 4. The van der Waals surface area contributed by atoms with Crippen molar-refractivity contribution < 1.29 is 19.8 Å². The number of phenolic OH excluding ortho intramolecular Hbond substituents is 1. The van der Waals surface area contributed by atoms with Gasteiger partial charge in [0.25, 0.3) is 0 Å². The lowest BCUT2D eigenvalue weighted by Gasteiger charge is -2.09. The summed E-state index contributed by atoms with van der Waals surface area (Å²) in [5.41, 5.74) is 2.05. The summed E-state index contributed by atoms with van der Waals surface area (Å²) in [4.78, 5) is 22.9. The molecular formula is C16H15NO4. The van der Waals surface area contributed by atoms with Crippen LogP contribution in [0, 0.1) is 6.92 Å². The topological polar surface area (TPSA) is 86.6 Å². The molecule has 0 atom stereocenters. The van der Waals surface area contributed by atoms with Crippen LogP contribution in [0.4, 0.5) is 5.69 Å². The normalized spacial score (nSPS) is 10.1. The number of nitrogens with one attached hydrogen (secondary N) is 1. The Morgan fingerprint density at radius 2 is 1.90 bits per heavy atom. The molecule has 2 aromatic carbocycles. The van der Waals surface area contributed by atoms with Crippen LogP contribution in [0.1, 0.15) is 21.5 Å². The van der Waals surface area contributed by atoms with Crippen molar-refractivity contribution in [3.8, 4) is 5.75 Å². The second-order valence-corrected chi connectivity index (χ2v) is 4.73. The summed E-state index contributed by atoms with van der Waals surface area (Å²) < 4.78 is 0. The first-order valence-corrected chi connectivity index (χ1v) is 6.37. The molecular weight excluding hydrogens is 270 g/mol. The maximum absolute atomic E-state index is 12.0. The SMILES string of the molecule is Cc1ccc(C(=O)O)cc1NC(=O)Cc1cccc(O)c1. The van der Waals surface area contributed by atoms with Crippen LogP contribution in [0.3, 0.4) is 0 Å². The number of carboxylic acid groups (broad SMARTS) is 1. The minimum absolute atomic E-state index is 0.101. The second-order valence-electron chi connectivity index (χ2n) is 4.73. The molecule has 2 rings (SSSR count). The van der Waals surface area contributed by atoms with Gasteiger partial charge >= 0.3 is 5.97 Å². The monoisotopic (exact) mass is 285 g/mol. The molecule has 0 saturated carbocycles. The predicted octanol–water partition coefficient (Wildman–Crippen LogP) is 2.58. The average Bonchev–Trinajstić information content (AvgIpc) is 2.41. The van der Waals surface area contributed by atoms with Gasteiger partial charge in [-0.2, -0.15) is 0 Å². The number of carbonyl (C=O) groups excluding carboxylic acids is 1. The quantitative estimate of drug-likeness (QED) is 0.805. The number of carbonyl (C=O) groups is 2. The van der Waals surface area contributed by atoms with Gasteiger partial charge in [0.15, 0.2) is 0 Å². The maximum atomic E-state index is 12.0. The molecule has 0 aliphatic rings. The van der Waals surface area contributed by atoms with Crippen molar-refractivity contribution in [3.05, 3.63) is 59.2 Å². The molecule has 5 nitrogen and oxygen atoms in total. The zero-order chi connectivity index (χ0) is 15.4. The van der Waals surface area contributed by atoms with Gasteiger partial charge < -0.3 is 15.5 Å². The Kier molecular flexibility index (Phi) is 4.23. The Morgan fingerprint density at radius 1 is 1.14 bits per heavy atom. The third-order valence-corrected chi connectivity index (χ3v) is 3.03. The number of benzene rings is 2. The highest BCUT2D eigenvalue weighted by Crippen LogP contribution is 2.18. The summed E-state index contributed by atoms with van der Waals surface area (Å²) in [6.45, 7) is 1.79. The van der Waals surface area contributed by atoms with Gasteiger partial charge in [-0.15, -0.1) is 0 Å². The number of anilines is 1. The summed E-state index contributed by atoms with van der Waals surface area (Å²) >= 11 is 0. The molecule has 0 bridgehead atoms. The van der Waals surface area contributed by atoms with Crippen molar-refractivity contribution in [1.29, 1.82) is 0 Å². The molecule has 5 heteroatoms. The Balaban J connectivity index is 2.12. The Morgan fingerprint density at radius 3 is 2.57 bits per heavy atom. The van der Waals surface area contributed by atoms with Gasteiger partial charge in [0.1, 0.15) is 5.75 Å². The first kappa shape index (κ1) is 14.6. The van der Waals surface area contributed by atoms with Crippen LogP contribution in [0.2, 0.25) is 0 Å². The number of aromatic hydroxyl groups is 1. The molecule has 3 N–H and O–H groups in total. The van der Waals surface area contributed by atoms with Crippen molar-refractivity contribution >= 4 is 17.6 Å². The first-order chi connectivity index (χ1) is 9.95. The highest BCUT2D eigenvalue weighted by atomic mass is 16.4. The Bertz CT molecular complexity index is 694. The third kappa shape index (κ3) is 3.82. The zero-order valence-corrected chi connectivity index (χ0v) is 11.5. The number of amides is 1. The van der Waals surface area contributed by atoms with Gasteiger partial charge in [0, 0.05) is 5.69 Å². The number of carboxylic acids is 1. The molecule has 0 aliphatic heterocycles. The summed E-state index contributed by atoms with van der Waals surface area (Å²) in [5.74, 6) is -1.21. The minimum atomic E-state index is -1.04. The predicted molar refractivity (Wildman–Crippen MR) is 78.6 cm³/mol. The number of phenols is 1. The van der Waals surface area contributed by atoms with Crippen molar-refractivity contribution in [3.63, 3.8) is 0 Å². The molecule has 0 aromatic heterocycles. The molecule has 0 fully saturated rings. The number of aryl methyl sites for hydroxylation is 1. The van der Waals surface area contributed by atoms with Crippen molar-refractivity contribution in [2.24, 2.45) is 0 Å². The van der Waals surface area contributed by atoms with Crippen molar-refractivity contribution in [2.45, 2.75) is 13.3 Å². The molecule has 21 heavy (non-hydrogen) atoms. The van der Waals surface area contributed by atoms with Gasteiger partial charge in [0.2, 0.25) is 5.91 Å². The summed E-state index contributed by atoms with van der Waals surface area (Å²) in [7, 11) is 0. The van der Waals surface area contributed by atoms with Gasteiger partial charge in [-0.25, -0.2) is 4.79 Å². The molecule has 0 spiro atoms. The number of hydrogen-bond donors (Lipinski definition) is 3. The second kappa shape index (κ2) is 6.09. The standard InChI is InChI=1S/C16H15NO4/c1-10-5-6-12(16(20)21)9-14(10)17-15(19)8-11-3-2-4-13(18)7-11/h2-7,9,18H,8H2,1H3,(H,17,19)(H,20,21). The van der Waals surface area contributed by atoms with Gasteiger partial charge in [0.05, 0.1) is 12.0 Å². The summed E-state index contributed by atoms with van der Waals surface area (Å²) in [6.07, 6.45) is 0.102. The molecule has 1 amide bonds. The Labute approximate surface area is 121 Å². The van der Waals surface area contributed by atoms with Crippen LogP contribution in [0.15, 0.2) is 42.5 Å². The van der Waals surface area contributed by atoms with Crippen LogP contribution < -0.4 is 5.32 Å². The largest absolute Gasteiger partial charge is 0.508 e. The van der Waals surface area contributed by atoms with Gasteiger partial charge in [-0.1, -0.05) is 18.2 Å². The molecule has 108 valence electrons. The van der Waals surface area contributed by atoms with Gasteiger partial charge in [-0.05, 0) is 42.3 Å². The van der Waals surface area contributed by atoms with E-state index in [4.69, 9.17) is 5.11 Å². The van der Waals surface area contributed by atoms with E-state index in [1.54, 1.807) is 25.1 Å². The lowest BCUT2D eigenvalue weighted by molar-refractivity contribution is -0.115. The molecule has 0 radical (unpaired) electrons. The lowest BCUT2D eigenvalue weighted by atomic mass is 10.1. The van der Waals surface area contributed by atoms with E-state index in [1.165, 1.54) is 24.3 Å². The van der Waals surface area contributed by atoms with Crippen LogP contribution in [0.5, 0.6) is 5.75 Å². The zero-order valence-electron chi connectivity index (χ0n) is 11.5. The van der Waals surface area contributed by atoms with E-state index in [-0.39, 0.29) is 23.6 Å². The minimum Gasteiger partial charge on any atom is -0.508 e. The van der Waals surface area contributed by atoms with E-state index in [0.29, 0.717) is 11.3 Å². The van der Waals surface area contributed by atoms with Crippen LogP contribution in [-0.4, -0.2) is 22.1 Å². The smallest absolute Gasteiger partial charge is 0.335 e. The number of aromatic carboxylic acids is 1. The van der Waals surface area contributed by atoms with E-state index in [9.17, 15) is 14.7 Å².